The lowest BCUT2D eigenvalue weighted by Gasteiger charge is -2.06. The Balaban J connectivity index is 1.51. The van der Waals surface area contributed by atoms with Crippen LogP contribution >= 0.6 is 11.8 Å². The molecule has 4 aromatic rings. The molecule has 7 heteroatoms. The summed E-state index contributed by atoms with van der Waals surface area (Å²) < 4.78 is 13.2. The molecule has 0 fully saturated rings. The highest BCUT2D eigenvalue weighted by molar-refractivity contribution is 7.98. The molecule has 0 bridgehead atoms. The van der Waals surface area contributed by atoms with Crippen LogP contribution in [0.15, 0.2) is 58.1 Å². The van der Waals surface area contributed by atoms with E-state index in [0.717, 1.165) is 40.5 Å². The van der Waals surface area contributed by atoms with Crippen molar-refractivity contribution in [2.24, 2.45) is 0 Å². The van der Waals surface area contributed by atoms with Gasteiger partial charge >= 0.3 is 0 Å². The van der Waals surface area contributed by atoms with Crippen LogP contribution in [-0.4, -0.2) is 26.9 Å². The molecular weight excluding hydrogens is 360 g/mol. The van der Waals surface area contributed by atoms with Crippen molar-refractivity contribution in [3.05, 3.63) is 54.4 Å². The van der Waals surface area contributed by atoms with E-state index in [9.17, 15) is 0 Å². The number of fused-ring (bicyclic) bond motifs is 1. The molecule has 0 aliphatic carbocycles. The Morgan fingerprint density at radius 1 is 1.07 bits per heavy atom. The summed E-state index contributed by atoms with van der Waals surface area (Å²) in [4.78, 5) is 4.75. The van der Waals surface area contributed by atoms with E-state index < -0.39 is 0 Å². The van der Waals surface area contributed by atoms with Crippen molar-refractivity contribution in [2.75, 3.05) is 7.11 Å². The third kappa shape index (κ3) is 3.68. The van der Waals surface area contributed by atoms with Gasteiger partial charge in [-0.1, -0.05) is 30.8 Å². The zero-order valence-electron chi connectivity index (χ0n) is 15.3. The number of thioether (sulfide) groups is 1. The van der Waals surface area contributed by atoms with Crippen molar-refractivity contribution in [1.82, 2.24) is 19.7 Å². The highest BCUT2D eigenvalue weighted by atomic mass is 32.2. The number of hydrogen-bond acceptors (Lipinski definition) is 6. The molecule has 2 aromatic carbocycles. The van der Waals surface area contributed by atoms with Crippen molar-refractivity contribution in [2.45, 2.75) is 30.8 Å². The van der Waals surface area contributed by atoms with Crippen LogP contribution in [0.1, 0.15) is 19.2 Å². The molecule has 138 valence electrons. The van der Waals surface area contributed by atoms with E-state index in [1.54, 1.807) is 18.9 Å². The standard InChI is InChI=1S/C20H20N4O2S/c1-3-12-24-17-7-5-4-6-16(17)21-20(24)27-13-18-22-23-19(26-18)14-8-10-15(25-2)11-9-14/h4-11H,3,12-13H2,1-2H3. The number of methoxy groups -OCH3 is 1. The van der Waals surface area contributed by atoms with Gasteiger partial charge in [0.15, 0.2) is 5.16 Å². The summed E-state index contributed by atoms with van der Waals surface area (Å²) in [6.07, 6.45) is 1.05. The van der Waals surface area contributed by atoms with Gasteiger partial charge in [-0.15, -0.1) is 10.2 Å². The predicted octanol–water partition coefficient (Wildman–Crippen LogP) is 4.80. The molecule has 0 saturated carbocycles. The van der Waals surface area contributed by atoms with Gasteiger partial charge in [0.25, 0.3) is 0 Å². The average molecular weight is 380 g/mol. The first-order chi connectivity index (χ1) is 13.3. The minimum atomic E-state index is 0.510. The maximum atomic E-state index is 5.82. The van der Waals surface area contributed by atoms with Gasteiger partial charge in [-0.05, 0) is 42.8 Å². The van der Waals surface area contributed by atoms with Crippen LogP contribution in [0.3, 0.4) is 0 Å². The molecule has 0 radical (unpaired) electrons. The zero-order valence-corrected chi connectivity index (χ0v) is 16.1. The van der Waals surface area contributed by atoms with Crippen LogP contribution in [0.2, 0.25) is 0 Å². The summed E-state index contributed by atoms with van der Waals surface area (Å²) in [7, 11) is 1.64. The number of ether oxygens (including phenoxy) is 1. The Labute approximate surface area is 161 Å². The largest absolute Gasteiger partial charge is 0.497 e. The number of hydrogen-bond donors (Lipinski definition) is 0. The van der Waals surface area contributed by atoms with E-state index in [0.29, 0.717) is 17.5 Å². The summed E-state index contributed by atoms with van der Waals surface area (Å²) in [5, 5.41) is 9.31. The monoisotopic (exact) mass is 380 g/mol. The third-order valence-corrected chi connectivity index (χ3v) is 5.16. The van der Waals surface area contributed by atoms with Crippen LogP contribution in [-0.2, 0) is 12.3 Å². The van der Waals surface area contributed by atoms with Gasteiger partial charge in [-0.25, -0.2) is 4.98 Å². The quantitative estimate of drug-likeness (QED) is 0.429. The summed E-state index contributed by atoms with van der Waals surface area (Å²) in [6.45, 7) is 3.10. The molecule has 0 N–H and O–H groups in total. The molecule has 0 spiro atoms. The number of imidazole rings is 1. The molecule has 27 heavy (non-hydrogen) atoms. The molecule has 2 heterocycles. The lowest BCUT2D eigenvalue weighted by molar-refractivity contribution is 0.415. The lowest BCUT2D eigenvalue weighted by atomic mass is 10.2. The van der Waals surface area contributed by atoms with E-state index in [2.05, 4.69) is 27.8 Å². The normalized spacial score (nSPS) is 11.2. The van der Waals surface area contributed by atoms with Crippen LogP contribution in [0.4, 0.5) is 0 Å². The van der Waals surface area contributed by atoms with Gasteiger partial charge in [0.05, 0.1) is 23.9 Å². The molecule has 0 saturated heterocycles. The molecule has 0 aliphatic rings. The lowest BCUT2D eigenvalue weighted by Crippen LogP contribution is -1.98. The second-order valence-electron chi connectivity index (χ2n) is 6.05. The number of benzene rings is 2. The van der Waals surface area contributed by atoms with Gasteiger partial charge in [0.1, 0.15) is 5.75 Å². The summed E-state index contributed by atoms with van der Waals surface area (Å²) in [6, 6.07) is 15.8. The van der Waals surface area contributed by atoms with Crippen LogP contribution < -0.4 is 4.74 Å². The second-order valence-corrected chi connectivity index (χ2v) is 7.00. The summed E-state index contributed by atoms with van der Waals surface area (Å²) in [5.74, 6) is 2.47. The van der Waals surface area contributed by atoms with Crippen LogP contribution in [0.25, 0.3) is 22.5 Å². The first-order valence-corrected chi connectivity index (χ1v) is 9.82. The molecule has 0 atom stereocenters. The molecule has 0 amide bonds. The zero-order chi connectivity index (χ0) is 18.6. The topological polar surface area (TPSA) is 66.0 Å². The van der Waals surface area contributed by atoms with Gasteiger partial charge < -0.3 is 13.7 Å². The van der Waals surface area contributed by atoms with Crippen molar-refractivity contribution >= 4 is 22.8 Å². The second kappa shape index (κ2) is 7.84. The summed E-state index contributed by atoms with van der Waals surface area (Å²) >= 11 is 1.62. The molecule has 2 aromatic heterocycles. The van der Waals surface area contributed by atoms with E-state index >= 15 is 0 Å². The van der Waals surface area contributed by atoms with Crippen molar-refractivity contribution in [3.63, 3.8) is 0 Å². The van der Waals surface area contributed by atoms with Gasteiger partial charge in [-0.2, -0.15) is 0 Å². The molecule has 0 aliphatic heterocycles. The number of rotatable bonds is 7. The first kappa shape index (κ1) is 17.6. The molecule has 4 rings (SSSR count). The number of para-hydroxylation sites is 2. The smallest absolute Gasteiger partial charge is 0.247 e. The highest BCUT2D eigenvalue weighted by Crippen LogP contribution is 2.28. The van der Waals surface area contributed by atoms with E-state index in [1.807, 2.05) is 42.5 Å². The Morgan fingerprint density at radius 2 is 1.89 bits per heavy atom. The maximum Gasteiger partial charge on any atom is 0.247 e. The Kier molecular flexibility index (Phi) is 5.11. The molecular formula is C20H20N4O2S. The number of nitrogens with zero attached hydrogens (tertiary/aromatic N) is 4. The van der Waals surface area contributed by atoms with Crippen molar-refractivity contribution in [1.29, 1.82) is 0 Å². The van der Waals surface area contributed by atoms with E-state index in [4.69, 9.17) is 14.1 Å². The first-order valence-electron chi connectivity index (χ1n) is 8.83. The minimum Gasteiger partial charge on any atom is -0.497 e. The van der Waals surface area contributed by atoms with Gasteiger partial charge in [-0.3, -0.25) is 0 Å². The minimum absolute atomic E-state index is 0.510. The Bertz CT molecular complexity index is 1040. The SMILES string of the molecule is CCCn1c(SCc2nnc(-c3ccc(OC)cc3)o2)nc2ccccc21. The fourth-order valence-electron chi connectivity index (χ4n) is 2.89. The maximum absolute atomic E-state index is 5.82. The third-order valence-electron chi connectivity index (χ3n) is 4.20. The molecule has 0 unspecified atom stereocenters. The fraction of sp³-hybridized carbons (Fsp3) is 0.250. The van der Waals surface area contributed by atoms with Crippen molar-refractivity contribution in [3.8, 4) is 17.2 Å². The Morgan fingerprint density at radius 3 is 2.67 bits per heavy atom. The summed E-state index contributed by atoms with van der Waals surface area (Å²) in [5.41, 5.74) is 3.04. The average Bonchev–Trinajstić information content (AvgIpc) is 3.32. The Hall–Kier alpha value is -2.80. The van der Waals surface area contributed by atoms with Gasteiger partial charge in [0, 0.05) is 12.1 Å². The molecule has 6 nitrogen and oxygen atoms in total. The highest BCUT2D eigenvalue weighted by Gasteiger charge is 2.13. The van der Waals surface area contributed by atoms with E-state index in [1.165, 1.54) is 0 Å². The fourth-order valence-corrected chi connectivity index (χ4v) is 3.77. The predicted molar refractivity (Wildman–Crippen MR) is 106 cm³/mol. The van der Waals surface area contributed by atoms with Crippen LogP contribution in [0.5, 0.6) is 5.75 Å². The van der Waals surface area contributed by atoms with Crippen molar-refractivity contribution < 1.29 is 9.15 Å². The van der Waals surface area contributed by atoms with E-state index in [-0.39, 0.29) is 0 Å². The number of aromatic nitrogens is 4. The number of aryl methyl sites for hydroxylation is 1. The van der Waals surface area contributed by atoms with Gasteiger partial charge in [0.2, 0.25) is 11.8 Å². The van der Waals surface area contributed by atoms with Crippen LogP contribution in [0, 0.1) is 0 Å².